The van der Waals surface area contributed by atoms with Gasteiger partial charge in [-0.25, -0.2) is 9.18 Å². The van der Waals surface area contributed by atoms with Crippen LogP contribution in [0.15, 0.2) is 60.7 Å². The van der Waals surface area contributed by atoms with Gasteiger partial charge in [0.2, 0.25) is 0 Å². The lowest BCUT2D eigenvalue weighted by molar-refractivity contribution is 0.0543. The lowest BCUT2D eigenvalue weighted by atomic mass is 9.72. The normalized spacial score (nSPS) is 17.2. The maximum atomic E-state index is 14.8. The van der Waals surface area contributed by atoms with Crippen molar-refractivity contribution in [2.75, 3.05) is 7.11 Å². The van der Waals surface area contributed by atoms with Crippen molar-refractivity contribution in [3.8, 4) is 22.9 Å². The van der Waals surface area contributed by atoms with E-state index >= 15 is 0 Å². The highest BCUT2D eigenvalue weighted by Gasteiger charge is 2.39. The summed E-state index contributed by atoms with van der Waals surface area (Å²) in [5.74, 6) is -0.0443. The molecule has 1 aromatic heterocycles. The Morgan fingerprint density at radius 3 is 2.43 bits per heavy atom. The number of thiophene rings is 1. The predicted octanol–water partition coefficient (Wildman–Crippen LogP) is 9.12. The van der Waals surface area contributed by atoms with Crippen LogP contribution in [-0.2, 0) is 6.54 Å². The van der Waals surface area contributed by atoms with E-state index in [1.165, 1.54) is 17.4 Å². The molecule has 0 spiro atoms. The van der Waals surface area contributed by atoms with E-state index in [0.29, 0.717) is 28.9 Å². The number of methoxy groups -OCH3 is 1. The maximum absolute atomic E-state index is 14.8. The summed E-state index contributed by atoms with van der Waals surface area (Å²) < 4.78 is 21.1. The van der Waals surface area contributed by atoms with Gasteiger partial charge in [-0.2, -0.15) is 5.26 Å². The van der Waals surface area contributed by atoms with Crippen LogP contribution in [0, 0.1) is 28.5 Å². The van der Waals surface area contributed by atoms with Crippen LogP contribution in [0.1, 0.15) is 67.3 Å². The zero-order valence-electron chi connectivity index (χ0n) is 26.3. The van der Waals surface area contributed by atoms with Gasteiger partial charge in [0.1, 0.15) is 16.4 Å². The highest BCUT2D eigenvalue weighted by atomic mass is 35.5. The number of ether oxygens (including phenoxy) is 1. The Balaban J connectivity index is 1.52. The molecular formula is C36H37ClFN3O4S. The summed E-state index contributed by atoms with van der Waals surface area (Å²) in [5, 5.41) is 22.1. The average molecular weight is 662 g/mol. The van der Waals surface area contributed by atoms with E-state index in [1.807, 2.05) is 62.1 Å². The third kappa shape index (κ3) is 6.98. The van der Waals surface area contributed by atoms with Crippen LogP contribution in [0.2, 0.25) is 5.02 Å². The molecule has 1 heterocycles. The van der Waals surface area contributed by atoms with Gasteiger partial charge in [0, 0.05) is 34.3 Å². The Labute approximate surface area is 277 Å². The van der Waals surface area contributed by atoms with Crippen molar-refractivity contribution in [1.82, 2.24) is 10.2 Å². The van der Waals surface area contributed by atoms with Crippen molar-refractivity contribution in [3.05, 3.63) is 87.5 Å². The number of nitriles is 1. The van der Waals surface area contributed by atoms with Gasteiger partial charge in [-0.05, 0) is 84.5 Å². The van der Waals surface area contributed by atoms with Gasteiger partial charge in [0.15, 0.2) is 0 Å². The molecule has 0 aliphatic heterocycles. The van der Waals surface area contributed by atoms with Crippen LogP contribution in [-0.4, -0.2) is 41.2 Å². The minimum Gasteiger partial charge on any atom is -0.496 e. The van der Waals surface area contributed by atoms with E-state index < -0.39 is 11.9 Å². The molecule has 4 aromatic rings. The molecule has 1 saturated carbocycles. The number of halogens is 2. The van der Waals surface area contributed by atoms with E-state index in [2.05, 4.69) is 11.4 Å². The molecule has 3 aromatic carbocycles. The SMILES string of the molecule is COc1ccc(-c2cccc(C#N)c2)cc1CN(C(=O)c1sc2cccc(F)c2c1Cl)C1CCC(C(NC(=O)O)C(C)(C)C)CC1. The van der Waals surface area contributed by atoms with Gasteiger partial charge in [-0.15, -0.1) is 11.3 Å². The van der Waals surface area contributed by atoms with Gasteiger partial charge in [-0.3, -0.25) is 4.79 Å². The van der Waals surface area contributed by atoms with Crippen molar-refractivity contribution < 1.29 is 23.8 Å². The van der Waals surface area contributed by atoms with Gasteiger partial charge in [0.25, 0.3) is 5.91 Å². The molecule has 0 radical (unpaired) electrons. The standard InChI is InChI=1S/C36H37ClFN3O4S/c1-36(2,3)33(40-35(43)44)22-11-14-26(15-12-22)41(34(42)32-31(37)30-27(38)9-6-10-29(30)46-32)20-25-18-24(13-16-28(25)45-4)23-8-5-7-21(17-23)19-39/h5-10,13,16-18,22,26,33,40H,11-12,14-15,20H2,1-4H3,(H,43,44). The number of rotatable bonds is 8. The second-order valence-corrected chi connectivity index (χ2v) is 14.3. The Morgan fingerprint density at radius 2 is 1.80 bits per heavy atom. The van der Waals surface area contributed by atoms with Gasteiger partial charge in [-0.1, -0.05) is 56.6 Å². The van der Waals surface area contributed by atoms with Crippen molar-refractivity contribution >= 4 is 45.0 Å². The van der Waals surface area contributed by atoms with Crippen molar-refractivity contribution in [1.29, 1.82) is 5.26 Å². The number of benzene rings is 3. The van der Waals surface area contributed by atoms with E-state index in [-0.39, 0.29) is 51.2 Å². The van der Waals surface area contributed by atoms with Crippen LogP contribution >= 0.6 is 22.9 Å². The molecular weight excluding hydrogens is 625 g/mol. The van der Waals surface area contributed by atoms with Crippen LogP contribution in [0.3, 0.4) is 0 Å². The van der Waals surface area contributed by atoms with Gasteiger partial charge < -0.3 is 20.1 Å². The molecule has 1 aliphatic rings. The fourth-order valence-corrected chi connectivity index (χ4v) is 8.17. The number of carbonyl (C=O) groups excluding carboxylic acids is 1. The number of carbonyl (C=O) groups is 2. The number of hydrogen-bond acceptors (Lipinski definition) is 5. The molecule has 46 heavy (non-hydrogen) atoms. The van der Waals surface area contributed by atoms with Crippen molar-refractivity contribution in [3.63, 3.8) is 0 Å². The predicted molar refractivity (Wildman–Crippen MR) is 180 cm³/mol. The molecule has 10 heteroatoms. The van der Waals surface area contributed by atoms with E-state index in [4.69, 9.17) is 16.3 Å². The Morgan fingerprint density at radius 1 is 1.11 bits per heavy atom. The minimum absolute atomic E-state index is 0.106. The highest BCUT2D eigenvalue weighted by molar-refractivity contribution is 7.21. The molecule has 5 rings (SSSR count). The van der Waals surface area contributed by atoms with E-state index in [9.17, 15) is 24.3 Å². The van der Waals surface area contributed by atoms with Gasteiger partial charge >= 0.3 is 6.09 Å². The second kappa shape index (κ2) is 13.7. The maximum Gasteiger partial charge on any atom is 0.404 e. The summed E-state index contributed by atoms with van der Waals surface area (Å²) in [7, 11) is 1.58. The topological polar surface area (TPSA) is 103 Å². The molecule has 240 valence electrons. The number of hydrogen-bond donors (Lipinski definition) is 2. The lowest BCUT2D eigenvalue weighted by Crippen LogP contribution is -2.50. The zero-order chi connectivity index (χ0) is 33.2. The van der Waals surface area contributed by atoms with E-state index in [0.717, 1.165) is 29.5 Å². The molecule has 1 fully saturated rings. The van der Waals surface area contributed by atoms with Gasteiger partial charge in [0.05, 0.1) is 23.8 Å². The molecule has 0 bridgehead atoms. The van der Waals surface area contributed by atoms with Crippen LogP contribution in [0.4, 0.5) is 9.18 Å². The minimum atomic E-state index is -1.04. The lowest BCUT2D eigenvalue weighted by Gasteiger charge is -2.43. The van der Waals surface area contributed by atoms with Crippen LogP contribution in [0.25, 0.3) is 21.2 Å². The molecule has 1 aliphatic carbocycles. The number of nitrogens with one attached hydrogen (secondary N) is 1. The van der Waals surface area contributed by atoms with Crippen molar-refractivity contribution in [2.45, 2.75) is 65.1 Å². The average Bonchev–Trinajstić information content (AvgIpc) is 3.38. The summed E-state index contributed by atoms with van der Waals surface area (Å²) in [5.41, 5.74) is 2.78. The summed E-state index contributed by atoms with van der Waals surface area (Å²) >= 11 is 7.89. The zero-order valence-corrected chi connectivity index (χ0v) is 27.8. The first kappa shape index (κ1) is 33.2. The quantitative estimate of drug-likeness (QED) is 0.196. The number of fused-ring (bicyclic) bond motifs is 1. The number of carboxylic acid groups (broad SMARTS) is 1. The fraction of sp³-hybridized carbons (Fsp3) is 0.361. The van der Waals surface area contributed by atoms with Crippen LogP contribution < -0.4 is 10.1 Å². The monoisotopic (exact) mass is 661 g/mol. The summed E-state index contributed by atoms with van der Waals surface area (Å²) in [6.45, 7) is 6.31. The first-order valence-electron chi connectivity index (χ1n) is 15.3. The molecule has 7 nitrogen and oxygen atoms in total. The Kier molecular flexibility index (Phi) is 9.90. The molecule has 2 amide bonds. The van der Waals surface area contributed by atoms with Crippen molar-refractivity contribution in [2.24, 2.45) is 11.3 Å². The Bertz CT molecular complexity index is 1800. The first-order chi connectivity index (χ1) is 21.9. The molecule has 1 unspecified atom stereocenters. The summed E-state index contributed by atoms with van der Waals surface area (Å²) in [4.78, 5) is 28.2. The summed E-state index contributed by atoms with van der Waals surface area (Å²) in [6, 6.07) is 19.5. The van der Waals surface area contributed by atoms with Crippen LogP contribution in [0.5, 0.6) is 5.75 Å². The fourth-order valence-electron chi connectivity index (χ4n) is 6.66. The number of nitrogens with zero attached hydrogens (tertiary/aromatic N) is 2. The first-order valence-corrected chi connectivity index (χ1v) is 16.4. The largest absolute Gasteiger partial charge is 0.496 e. The smallest absolute Gasteiger partial charge is 0.404 e. The molecule has 0 saturated heterocycles. The third-order valence-corrected chi connectivity index (χ3v) is 10.5. The number of amides is 2. The molecule has 1 atom stereocenters. The Hall–Kier alpha value is -4.13. The second-order valence-electron chi connectivity index (χ2n) is 12.9. The van der Waals surface area contributed by atoms with E-state index in [1.54, 1.807) is 25.3 Å². The summed E-state index contributed by atoms with van der Waals surface area (Å²) in [6.07, 6.45) is 1.73. The molecule has 2 N–H and O–H groups in total. The highest BCUT2D eigenvalue weighted by Crippen LogP contribution is 2.41. The third-order valence-electron chi connectivity index (χ3n) is 8.87.